The van der Waals surface area contributed by atoms with Crippen LogP contribution < -0.4 is 5.32 Å². The normalized spacial score (nSPS) is 35.1. The van der Waals surface area contributed by atoms with Crippen LogP contribution in [0.5, 0.6) is 0 Å². The fourth-order valence-corrected chi connectivity index (χ4v) is 3.15. The Bertz CT molecular complexity index is 168. The molecule has 13 heavy (non-hydrogen) atoms. The molecule has 0 aromatic heterocycles. The summed E-state index contributed by atoms with van der Waals surface area (Å²) in [4.78, 5) is 0. The Labute approximate surface area is 82.3 Å². The van der Waals surface area contributed by atoms with Crippen LogP contribution in [0.4, 0.5) is 0 Å². The molecule has 0 bridgehead atoms. The van der Waals surface area contributed by atoms with E-state index in [2.05, 4.69) is 19.2 Å². The first-order valence-corrected chi connectivity index (χ1v) is 5.92. The van der Waals surface area contributed by atoms with E-state index in [-0.39, 0.29) is 0 Å². The van der Waals surface area contributed by atoms with Crippen LogP contribution in [0.2, 0.25) is 0 Å². The largest absolute Gasteiger partial charge is 0.311 e. The Kier molecular flexibility index (Phi) is 2.64. The molecule has 2 fully saturated rings. The maximum Gasteiger partial charge on any atom is 0.0128 e. The van der Waals surface area contributed by atoms with Crippen molar-refractivity contribution in [3.63, 3.8) is 0 Å². The zero-order chi connectivity index (χ0) is 9.31. The predicted molar refractivity (Wildman–Crippen MR) is 56.8 cm³/mol. The van der Waals surface area contributed by atoms with Crippen molar-refractivity contribution in [3.8, 4) is 0 Å². The Balaban J connectivity index is 1.87. The lowest BCUT2D eigenvalue weighted by atomic mass is 9.78. The second-order valence-electron chi connectivity index (χ2n) is 5.63. The minimum atomic E-state index is 0.419. The summed E-state index contributed by atoms with van der Waals surface area (Å²) < 4.78 is 0. The molecule has 1 N–H and O–H groups in total. The molecule has 0 aromatic carbocycles. The minimum absolute atomic E-state index is 0.419. The molecule has 2 aliphatic rings. The van der Waals surface area contributed by atoms with Crippen molar-refractivity contribution in [2.75, 3.05) is 6.54 Å². The summed E-state index contributed by atoms with van der Waals surface area (Å²) in [6.07, 6.45) is 8.87. The van der Waals surface area contributed by atoms with Gasteiger partial charge in [0.15, 0.2) is 0 Å². The van der Waals surface area contributed by atoms with Gasteiger partial charge < -0.3 is 5.32 Å². The molecule has 1 unspecified atom stereocenters. The summed E-state index contributed by atoms with van der Waals surface area (Å²) in [5.74, 6) is 2.03. The average molecular weight is 181 g/mol. The molecule has 0 amide bonds. The zero-order valence-corrected chi connectivity index (χ0v) is 9.10. The SMILES string of the molecule is CC1(C)CC(C2CCCCC2)CN1. The molecule has 1 saturated carbocycles. The van der Waals surface area contributed by atoms with Crippen molar-refractivity contribution in [2.45, 2.75) is 57.9 Å². The van der Waals surface area contributed by atoms with Gasteiger partial charge in [0.05, 0.1) is 0 Å². The van der Waals surface area contributed by atoms with Gasteiger partial charge in [-0.3, -0.25) is 0 Å². The highest BCUT2D eigenvalue weighted by molar-refractivity contribution is 4.92. The van der Waals surface area contributed by atoms with Gasteiger partial charge in [-0.15, -0.1) is 0 Å². The molecule has 1 nitrogen and oxygen atoms in total. The van der Waals surface area contributed by atoms with Gasteiger partial charge in [0.25, 0.3) is 0 Å². The molecular formula is C12H23N. The first-order chi connectivity index (χ1) is 6.17. The third-order valence-electron chi connectivity index (χ3n) is 3.93. The lowest BCUT2D eigenvalue weighted by molar-refractivity contribution is 0.254. The van der Waals surface area contributed by atoms with Gasteiger partial charge in [-0.05, 0) is 38.6 Å². The Morgan fingerprint density at radius 2 is 1.69 bits per heavy atom. The van der Waals surface area contributed by atoms with Gasteiger partial charge in [-0.2, -0.15) is 0 Å². The van der Waals surface area contributed by atoms with Crippen molar-refractivity contribution in [2.24, 2.45) is 11.8 Å². The quantitative estimate of drug-likeness (QED) is 0.656. The van der Waals surface area contributed by atoms with Crippen molar-refractivity contribution in [1.29, 1.82) is 0 Å². The smallest absolute Gasteiger partial charge is 0.0128 e. The Morgan fingerprint density at radius 1 is 1.00 bits per heavy atom. The number of nitrogens with one attached hydrogen (secondary N) is 1. The van der Waals surface area contributed by atoms with Crippen molar-refractivity contribution in [1.82, 2.24) is 5.32 Å². The van der Waals surface area contributed by atoms with E-state index >= 15 is 0 Å². The van der Waals surface area contributed by atoms with Gasteiger partial charge in [0, 0.05) is 5.54 Å². The lowest BCUT2D eigenvalue weighted by Gasteiger charge is -2.27. The van der Waals surface area contributed by atoms with E-state index in [1.165, 1.54) is 45.1 Å². The van der Waals surface area contributed by atoms with Crippen molar-refractivity contribution >= 4 is 0 Å². The summed E-state index contributed by atoms with van der Waals surface area (Å²) in [5.41, 5.74) is 0.419. The minimum Gasteiger partial charge on any atom is -0.311 e. The number of hydrogen-bond donors (Lipinski definition) is 1. The topological polar surface area (TPSA) is 12.0 Å². The summed E-state index contributed by atoms with van der Waals surface area (Å²) in [6.45, 7) is 5.96. The molecule has 1 aliphatic heterocycles. The van der Waals surface area contributed by atoms with Crippen LogP contribution in [0, 0.1) is 11.8 Å². The average Bonchev–Trinajstić information content (AvgIpc) is 2.48. The van der Waals surface area contributed by atoms with Crippen LogP contribution >= 0.6 is 0 Å². The maximum atomic E-state index is 3.64. The first kappa shape index (κ1) is 9.51. The highest BCUT2D eigenvalue weighted by atomic mass is 15.0. The fourth-order valence-electron chi connectivity index (χ4n) is 3.15. The van der Waals surface area contributed by atoms with Gasteiger partial charge in [0.1, 0.15) is 0 Å². The summed E-state index contributed by atoms with van der Waals surface area (Å²) in [7, 11) is 0. The van der Waals surface area contributed by atoms with E-state index in [1.807, 2.05) is 0 Å². The van der Waals surface area contributed by atoms with Crippen molar-refractivity contribution < 1.29 is 0 Å². The summed E-state index contributed by atoms with van der Waals surface area (Å²) >= 11 is 0. The molecule has 0 spiro atoms. The van der Waals surface area contributed by atoms with Gasteiger partial charge in [-0.25, -0.2) is 0 Å². The Hall–Kier alpha value is -0.0400. The molecule has 1 heterocycles. The molecule has 1 saturated heterocycles. The molecule has 1 heteroatoms. The van der Waals surface area contributed by atoms with E-state index in [0.29, 0.717) is 5.54 Å². The van der Waals surface area contributed by atoms with E-state index in [9.17, 15) is 0 Å². The summed E-state index contributed by atoms with van der Waals surface area (Å²) in [6, 6.07) is 0. The van der Waals surface area contributed by atoms with Crippen LogP contribution in [0.1, 0.15) is 52.4 Å². The van der Waals surface area contributed by atoms with E-state index < -0.39 is 0 Å². The molecule has 2 rings (SSSR count). The van der Waals surface area contributed by atoms with Gasteiger partial charge in [-0.1, -0.05) is 32.1 Å². The highest BCUT2D eigenvalue weighted by Crippen LogP contribution is 2.36. The molecule has 1 atom stereocenters. The second kappa shape index (κ2) is 3.61. The predicted octanol–water partition coefficient (Wildman–Crippen LogP) is 2.95. The fraction of sp³-hybridized carbons (Fsp3) is 1.00. The lowest BCUT2D eigenvalue weighted by Crippen LogP contribution is -2.31. The van der Waals surface area contributed by atoms with Crippen LogP contribution in [0.3, 0.4) is 0 Å². The number of hydrogen-bond acceptors (Lipinski definition) is 1. The van der Waals surface area contributed by atoms with Crippen LogP contribution in [-0.2, 0) is 0 Å². The molecule has 1 aliphatic carbocycles. The van der Waals surface area contributed by atoms with Crippen LogP contribution in [0.15, 0.2) is 0 Å². The Morgan fingerprint density at radius 3 is 2.23 bits per heavy atom. The van der Waals surface area contributed by atoms with E-state index in [4.69, 9.17) is 0 Å². The van der Waals surface area contributed by atoms with E-state index in [1.54, 1.807) is 0 Å². The molecule has 76 valence electrons. The van der Waals surface area contributed by atoms with Crippen LogP contribution in [-0.4, -0.2) is 12.1 Å². The highest BCUT2D eigenvalue weighted by Gasteiger charge is 2.35. The second-order valence-corrected chi connectivity index (χ2v) is 5.63. The third-order valence-corrected chi connectivity index (χ3v) is 3.93. The molecular weight excluding hydrogens is 158 g/mol. The standard InChI is InChI=1S/C12H23N/c1-12(2)8-11(9-13-12)10-6-4-3-5-7-10/h10-11,13H,3-9H2,1-2H3. The van der Waals surface area contributed by atoms with Crippen LogP contribution in [0.25, 0.3) is 0 Å². The maximum absolute atomic E-state index is 3.64. The first-order valence-electron chi connectivity index (χ1n) is 5.92. The van der Waals surface area contributed by atoms with Gasteiger partial charge in [0.2, 0.25) is 0 Å². The third kappa shape index (κ3) is 2.25. The van der Waals surface area contributed by atoms with E-state index in [0.717, 1.165) is 11.8 Å². The zero-order valence-electron chi connectivity index (χ0n) is 9.10. The monoisotopic (exact) mass is 181 g/mol. The molecule has 0 radical (unpaired) electrons. The van der Waals surface area contributed by atoms with Crippen molar-refractivity contribution in [3.05, 3.63) is 0 Å². The number of rotatable bonds is 1. The summed E-state index contributed by atoms with van der Waals surface area (Å²) in [5, 5.41) is 3.64. The van der Waals surface area contributed by atoms with Gasteiger partial charge >= 0.3 is 0 Å². The molecule has 0 aromatic rings.